The molecule has 0 aliphatic heterocycles. The number of esters is 1. The number of ether oxygens (including phenoxy) is 1. The third kappa shape index (κ3) is 8.32. The van der Waals surface area contributed by atoms with Crippen molar-refractivity contribution in [2.45, 2.75) is 51.2 Å². The summed E-state index contributed by atoms with van der Waals surface area (Å²) in [5.74, 6) is -0.811. The van der Waals surface area contributed by atoms with Gasteiger partial charge < -0.3 is 21.1 Å². The zero-order chi connectivity index (χ0) is 26.1. The number of aromatic nitrogens is 1. The first kappa shape index (κ1) is 26.6. The lowest BCUT2D eigenvalue weighted by atomic mass is 10.0. The molecule has 0 radical (unpaired) electrons. The van der Waals surface area contributed by atoms with Crippen molar-refractivity contribution < 1.29 is 19.1 Å². The van der Waals surface area contributed by atoms with Crippen LogP contribution in [0.5, 0.6) is 5.75 Å². The van der Waals surface area contributed by atoms with Crippen LogP contribution in [0.4, 0.5) is 0 Å². The van der Waals surface area contributed by atoms with E-state index >= 15 is 0 Å². The van der Waals surface area contributed by atoms with Crippen LogP contribution in [-0.2, 0) is 22.4 Å². The number of carbonyl (C=O) groups is 3. The highest BCUT2D eigenvalue weighted by molar-refractivity contribution is 5.91. The van der Waals surface area contributed by atoms with Gasteiger partial charge in [-0.3, -0.25) is 14.6 Å². The molecule has 4 N–H and O–H groups in total. The van der Waals surface area contributed by atoms with E-state index in [1.54, 1.807) is 73.1 Å². The van der Waals surface area contributed by atoms with E-state index in [1.165, 1.54) is 0 Å². The Bertz CT molecular complexity index is 1160. The van der Waals surface area contributed by atoms with Crippen molar-refractivity contribution in [3.05, 3.63) is 95.8 Å². The van der Waals surface area contributed by atoms with E-state index in [4.69, 9.17) is 10.5 Å². The van der Waals surface area contributed by atoms with Crippen LogP contribution in [0.15, 0.2) is 79.1 Å². The third-order valence-electron chi connectivity index (χ3n) is 5.26. The molecular formula is C28H32N4O4. The standard InChI is InChI=1S/C28H32N4O4/c1-28(2,3)32-26(34)24(31-25(33)23(29)17-20-13-15-30-16-14-20)18-19-9-11-22(12-10-19)36-27(35)21-7-5-4-6-8-21/h4-16,23-24H,17-18,29H2,1-3H3,(H,31,33)(H,32,34)/t23-,24-/m0/s1. The molecule has 3 aromatic rings. The van der Waals surface area contributed by atoms with Crippen molar-refractivity contribution >= 4 is 17.8 Å². The molecule has 0 spiro atoms. The second-order valence-corrected chi connectivity index (χ2v) is 9.57. The Morgan fingerprint density at radius 1 is 0.861 bits per heavy atom. The highest BCUT2D eigenvalue weighted by Gasteiger charge is 2.27. The van der Waals surface area contributed by atoms with Crippen molar-refractivity contribution in [2.24, 2.45) is 5.73 Å². The van der Waals surface area contributed by atoms with Gasteiger partial charge in [0.05, 0.1) is 11.6 Å². The number of hydrogen-bond acceptors (Lipinski definition) is 6. The summed E-state index contributed by atoms with van der Waals surface area (Å²) >= 11 is 0. The maximum atomic E-state index is 13.0. The molecule has 188 valence electrons. The van der Waals surface area contributed by atoms with Gasteiger partial charge in [-0.15, -0.1) is 0 Å². The van der Waals surface area contributed by atoms with Gasteiger partial charge in [-0.05, 0) is 74.7 Å². The van der Waals surface area contributed by atoms with Crippen LogP contribution >= 0.6 is 0 Å². The third-order valence-corrected chi connectivity index (χ3v) is 5.26. The minimum absolute atomic E-state index is 0.239. The maximum absolute atomic E-state index is 13.0. The largest absolute Gasteiger partial charge is 0.423 e. The summed E-state index contributed by atoms with van der Waals surface area (Å²) in [5.41, 5.74) is 7.76. The van der Waals surface area contributed by atoms with Crippen LogP contribution in [0.2, 0.25) is 0 Å². The van der Waals surface area contributed by atoms with Gasteiger partial charge in [-0.1, -0.05) is 30.3 Å². The van der Waals surface area contributed by atoms with E-state index in [2.05, 4.69) is 15.6 Å². The molecule has 1 heterocycles. The predicted molar refractivity (Wildman–Crippen MR) is 137 cm³/mol. The van der Waals surface area contributed by atoms with E-state index in [-0.39, 0.29) is 12.3 Å². The van der Waals surface area contributed by atoms with E-state index in [1.807, 2.05) is 26.8 Å². The Morgan fingerprint density at radius 2 is 1.47 bits per heavy atom. The average Bonchev–Trinajstić information content (AvgIpc) is 2.84. The molecule has 2 aromatic carbocycles. The van der Waals surface area contributed by atoms with Gasteiger partial charge in [0.2, 0.25) is 11.8 Å². The van der Waals surface area contributed by atoms with E-state index < -0.39 is 29.5 Å². The quantitative estimate of drug-likeness (QED) is 0.314. The molecule has 0 fully saturated rings. The van der Waals surface area contributed by atoms with Crippen LogP contribution < -0.4 is 21.1 Å². The number of benzene rings is 2. The van der Waals surface area contributed by atoms with Gasteiger partial charge in [0.1, 0.15) is 11.8 Å². The number of amides is 2. The molecule has 0 aliphatic rings. The highest BCUT2D eigenvalue weighted by Crippen LogP contribution is 2.16. The summed E-state index contributed by atoms with van der Waals surface area (Å²) in [5, 5.41) is 5.72. The summed E-state index contributed by atoms with van der Waals surface area (Å²) in [6, 6.07) is 17.5. The molecule has 0 unspecified atom stereocenters. The number of pyridine rings is 1. The monoisotopic (exact) mass is 488 g/mol. The molecule has 0 saturated heterocycles. The molecule has 8 nitrogen and oxygen atoms in total. The smallest absolute Gasteiger partial charge is 0.343 e. The van der Waals surface area contributed by atoms with Crippen LogP contribution in [0.1, 0.15) is 42.3 Å². The number of nitrogens with one attached hydrogen (secondary N) is 2. The van der Waals surface area contributed by atoms with Crippen molar-refractivity contribution in [1.82, 2.24) is 15.6 Å². The minimum Gasteiger partial charge on any atom is -0.423 e. The molecule has 2 amide bonds. The second-order valence-electron chi connectivity index (χ2n) is 9.57. The van der Waals surface area contributed by atoms with Gasteiger partial charge in [0.15, 0.2) is 0 Å². The first-order valence-electron chi connectivity index (χ1n) is 11.7. The zero-order valence-corrected chi connectivity index (χ0v) is 20.7. The Balaban J connectivity index is 1.68. The lowest BCUT2D eigenvalue weighted by Crippen LogP contribution is -2.56. The Morgan fingerprint density at radius 3 is 2.08 bits per heavy atom. The van der Waals surface area contributed by atoms with Crippen molar-refractivity contribution in [3.63, 3.8) is 0 Å². The van der Waals surface area contributed by atoms with Gasteiger partial charge in [-0.25, -0.2) is 4.79 Å². The first-order valence-corrected chi connectivity index (χ1v) is 11.7. The van der Waals surface area contributed by atoms with Crippen molar-refractivity contribution in [3.8, 4) is 5.75 Å². The van der Waals surface area contributed by atoms with E-state index in [0.29, 0.717) is 17.7 Å². The van der Waals surface area contributed by atoms with Crippen molar-refractivity contribution in [2.75, 3.05) is 0 Å². The van der Waals surface area contributed by atoms with E-state index in [0.717, 1.165) is 11.1 Å². The lowest BCUT2D eigenvalue weighted by Gasteiger charge is -2.26. The van der Waals surface area contributed by atoms with Gasteiger partial charge in [-0.2, -0.15) is 0 Å². The maximum Gasteiger partial charge on any atom is 0.343 e. The lowest BCUT2D eigenvalue weighted by molar-refractivity contribution is -0.130. The van der Waals surface area contributed by atoms with Crippen molar-refractivity contribution in [1.29, 1.82) is 0 Å². The Hall–Kier alpha value is -4.04. The molecule has 0 bridgehead atoms. The molecule has 0 aliphatic carbocycles. The van der Waals surface area contributed by atoms with Crippen LogP contribution in [0.3, 0.4) is 0 Å². The number of carbonyl (C=O) groups excluding carboxylic acids is 3. The average molecular weight is 489 g/mol. The Kier molecular flexibility index (Phi) is 8.91. The molecule has 3 rings (SSSR count). The number of rotatable bonds is 9. The van der Waals surface area contributed by atoms with Crippen LogP contribution in [0.25, 0.3) is 0 Å². The summed E-state index contributed by atoms with van der Waals surface area (Å²) in [6.07, 6.45) is 3.84. The molecule has 0 saturated carbocycles. The predicted octanol–water partition coefficient (Wildman–Crippen LogP) is 2.81. The van der Waals surface area contributed by atoms with E-state index in [9.17, 15) is 14.4 Å². The fourth-order valence-corrected chi connectivity index (χ4v) is 3.48. The van der Waals surface area contributed by atoms with Crippen LogP contribution in [0, 0.1) is 0 Å². The molecule has 1 aromatic heterocycles. The summed E-state index contributed by atoms with van der Waals surface area (Å²) < 4.78 is 5.42. The summed E-state index contributed by atoms with van der Waals surface area (Å²) in [7, 11) is 0. The number of nitrogens with zero attached hydrogens (tertiary/aromatic N) is 1. The molecular weight excluding hydrogens is 456 g/mol. The van der Waals surface area contributed by atoms with Gasteiger partial charge in [0.25, 0.3) is 0 Å². The van der Waals surface area contributed by atoms with Gasteiger partial charge >= 0.3 is 5.97 Å². The highest BCUT2D eigenvalue weighted by atomic mass is 16.5. The minimum atomic E-state index is -0.835. The summed E-state index contributed by atoms with van der Waals surface area (Å²) in [6.45, 7) is 5.61. The first-order chi connectivity index (χ1) is 17.1. The van der Waals surface area contributed by atoms with Crippen LogP contribution in [-0.4, -0.2) is 40.4 Å². The molecule has 2 atom stereocenters. The Labute approximate surface area is 211 Å². The zero-order valence-electron chi connectivity index (χ0n) is 20.7. The fraction of sp³-hybridized carbons (Fsp3) is 0.286. The second kappa shape index (κ2) is 12.1. The SMILES string of the molecule is CC(C)(C)NC(=O)[C@H](Cc1ccc(OC(=O)c2ccccc2)cc1)NC(=O)[C@@H](N)Cc1ccncc1. The molecule has 36 heavy (non-hydrogen) atoms. The number of nitrogens with two attached hydrogens (primary N) is 1. The van der Waals surface area contributed by atoms with Gasteiger partial charge in [0, 0.05) is 24.4 Å². The molecule has 8 heteroatoms. The topological polar surface area (TPSA) is 123 Å². The fourth-order valence-electron chi connectivity index (χ4n) is 3.48. The summed E-state index contributed by atoms with van der Waals surface area (Å²) in [4.78, 5) is 42.1. The number of hydrogen-bond donors (Lipinski definition) is 3. The normalized spacial score (nSPS) is 12.8.